The molecular weight excluding hydrogens is 310 g/mol. The Bertz CT molecular complexity index is 548. The number of nitrogens with one attached hydrogen (secondary N) is 1. The molecule has 100 valence electrons. The fraction of sp³-hybridized carbons (Fsp3) is 0.214. The molecule has 0 atom stereocenters. The Morgan fingerprint density at radius 2 is 2.05 bits per heavy atom. The molecule has 0 aliphatic carbocycles. The van der Waals surface area contributed by atoms with Crippen molar-refractivity contribution in [1.82, 2.24) is 0 Å². The standard InChI is InChI=1S/C14H14BrNO3/c1-2-8-18-11-5-3-10(4-6-11)16-14(17)12-7-9-19-13(12)15/h3-7,9H,2,8H2,1H3,(H,16,17). The van der Waals surface area contributed by atoms with Gasteiger partial charge >= 0.3 is 0 Å². The van der Waals surface area contributed by atoms with Gasteiger partial charge in [-0.05, 0) is 52.7 Å². The lowest BCUT2D eigenvalue weighted by molar-refractivity contribution is 0.102. The number of hydrogen-bond donors (Lipinski definition) is 1. The van der Waals surface area contributed by atoms with E-state index in [1.54, 1.807) is 18.2 Å². The number of carbonyl (C=O) groups is 1. The summed E-state index contributed by atoms with van der Waals surface area (Å²) in [7, 11) is 0. The Kier molecular flexibility index (Phi) is 4.63. The summed E-state index contributed by atoms with van der Waals surface area (Å²) in [6.07, 6.45) is 2.42. The van der Waals surface area contributed by atoms with Gasteiger partial charge in [-0.2, -0.15) is 0 Å². The van der Waals surface area contributed by atoms with E-state index in [1.165, 1.54) is 6.26 Å². The number of rotatable bonds is 5. The van der Waals surface area contributed by atoms with Crippen LogP contribution in [-0.4, -0.2) is 12.5 Å². The van der Waals surface area contributed by atoms with Crippen LogP contribution in [0, 0.1) is 0 Å². The summed E-state index contributed by atoms with van der Waals surface area (Å²) in [4.78, 5) is 11.9. The van der Waals surface area contributed by atoms with E-state index >= 15 is 0 Å². The molecule has 2 rings (SSSR count). The molecule has 4 nitrogen and oxygen atoms in total. The Morgan fingerprint density at radius 3 is 2.63 bits per heavy atom. The number of ether oxygens (including phenoxy) is 1. The number of furan rings is 1. The van der Waals surface area contributed by atoms with E-state index in [2.05, 4.69) is 28.2 Å². The van der Waals surface area contributed by atoms with Gasteiger partial charge in [-0.3, -0.25) is 4.79 Å². The quantitative estimate of drug-likeness (QED) is 0.901. The van der Waals surface area contributed by atoms with Gasteiger partial charge in [-0.1, -0.05) is 6.92 Å². The zero-order valence-electron chi connectivity index (χ0n) is 10.5. The predicted molar refractivity (Wildman–Crippen MR) is 76.6 cm³/mol. The van der Waals surface area contributed by atoms with Gasteiger partial charge in [0.15, 0.2) is 4.67 Å². The smallest absolute Gasteiger partial charge is 0.260 e. The summed E-state index contributed by atoms with van der Waals surface area (Å²) < 4.78 is 10.9. The molecule has 1 aromatic carbocycles. The maximum atomic E-state index is 11.9. The van der Waals surface area contributed by atoms with Gasteiger partial charge in [0.1, 0.15) is 5.75 Å². The van der Waals surface area contributed by atoms with Crippen LogP contribution in [0.2, 0.25) is 0 Å². The highest BCUT2D eigenvalue weighted by Crippen LogP contribution is 2.20. The first-order chi connectivity index (χ1) is 9.20. The molecule has 0 saturated carbocycles. The maximum Gasteiger partial charge on any atom is 0.260 e. The summed E-state index contributed by atoms with van der Waals surface area (Å²) in [6, 6.07) is 8.87. The minimum absolute atomic E-state index is 0.220. The van der Waals surface area contributed by atoms with E-state index in [0.717, 1.165) is 12.2 Å². The fourth-order valence-electron chi connectivity index (χ4n) is 1.51. The largest absolute Gasteiger partial charge is 0.494 e. The molecule has 0 spiro atoms. The molecule has 0 unspecified atom stereocenters. The van der Waals surface area contributed by atoms with Gasteiger partial charge < -0.3 is 14.5 Å². The van der Waals surface area contributed by atoms with Crippen LogP contribution in [0.4, 0.5) is 5.69 Å². The third-order valence-electron chi connectivity index (χ3n) is 2.45. The van der Waals surface area contributed by atoms with Crippen molar-refractivity contribution >= 4 is 27.5 Å². The lowest BCUT2D eigenvalue weighted by Crippen LogP contribution is -2.11. The lowest BCUT2D eigenvalue weighted by Gasteiger charge is -2.07. The van der Waals surface area contributed by atoms with Crippen molar-refractivity contribution in [3.63, 3.8) is 0 Å². The third-order valence-corrected chi connectivity index (χ3v) is 3.06. The Hall–Kier alpha value is -1.75. The van der Waals surface area contributed by atoms with Gasteiger partial charge in [0.25, 0.3) is 5.91 Å². The zero-order valence-corrected chi connectivity index (χ0v) is 12.1. The van der Waals surface area contributed by atoms with Crippen LogP contribution in [0.1, 0.15) is 23.7 Å². The molecule has 0 aliphatic heterocycles. The number of hydrogen-bond acceptors (Lipinski definition) is 3. The molecule has 1 N–H and O–H groups in total. The normalized spacial score (nSPS) is 10.2. The molecule has 19 heavy (non-hydrogen) atoms. The highest BCUT2D eigenvalue weighted by molar-refractivity contribution is 9.10. The SMILES string of the molecule is CCCOc1ccc(NC(=O)c2ccoc2Br)cc1. The molecule has 0 fully saturated rings. The first-order valence-corrected chi connectivity index (χ1v) is 6.77. The van der Waals surface area contributed by atoms with E-state index in [1.807, 2.05) is 12.1 Å². The first kappa shape index (κ1) is 13.7. The van der Waals surface area contributed by atoms with Crippen LogP contribution in [0.25, 0.3) is 0 Å². The minimum Gasteiger partial charge on any atom is -0.494 e. The zero-order chi connectivity index (χ0) is 13.7. The van der Waals surface area contributed by atoms with E-state index in [4.69, 9.17) is 9.15 Å². The van der Waals surface area contributed by atoms with Crippen molar-refractivity contribution in [2.24, 2.45) is 0 Å². The summed E-state index contributed by atoms with van der Waals surface area (Å²) in [5, 5.41) is 2.78. The number of amides is 1. The molecule has 1 amide bonds. The molecule has 1 aromatic heterocycles. The van der Waals surface area contributed by atoms with Crippen molar-refractivity contribution in [2.75, 3.05) is 11.9 Å². The van der Waals surface area contributed by atoms with Gasteiger partial charge in [0.05, 0.1) is 18.4 Å². The molecule has 5 heteroatoms. The van der Waals surface area contributed by atoms with Crippen molar-refractivity contribution in [3.05, 3.63) is 46.8 Å². The van der Waals surface area contributed by atoms with Crippen LogP contribution >= 0.6 is 15.9 Å². The van der Waals surface area contributed by atoms with E-state index in [0.29, 0.717) is 22.5 Å². The molecule has 0 saturated heterocycles. The minimum atomic E-state index is -0.220. The monoisotopic (exact) mass is 323 g/mol. The fourth-order valence-corrected chi connectivity index (χ4v) is 1.93. The Balaban J connectivity index is 2.00. The molecular formula is C14H14BrNO3. The third kappa shape index (κ3) is 3.61. The number of halogens is 1. The van der Waals surface area contributed by atoms with Crippen LogP contribution in [0.5, 0.6) is 5.75 Å². The highest BCUT2D eigenvalue weighted by atomic mass is 79.9. The van der Waals surface area contributed by atoms with Gasteiger partial charge in [0.2, 0.25) is 0 Å². The molecule has 0 radical (unpaired) electrons. The van der Waals surface area contributed by atoms with Crippen LogP contribution < -0.4 is 10.1 Å². The van der Waals surface area contributed by atoms with Crippen molar-refractivity contribution in [3.8, 4) is 5.75 Å². The summed E-state index contributed by atoms with van der Waals surface area (Å²) in [6.45, 7) is 2.74. The molecule has 0 aliphatic rings. The van der Waals surface area contributed by atoms with Crippen molar-refractivity contribution in [2.45, 2.75) is 13.3 Å². The average Bonchev–Trinajstić information content (AvgIpc) is 2.84. The van der Waals surface area contributed by atoms with E-state index in [9.17, 15) is 4.79 Å². The highest BCUT2D eigenvalue weighted by Gasteiger charge is 2.12. The van der Waals surface area contributed by atoms with E-state index < -0.39 is 0 Å². The van der Waals surface area contributed by atoms with Crippen LogP contribution in [-0.2, 0) is 0 Å². The Morgan fingerprint density at radius 1 is 1.32 bits per heavy atom. The maximum absolute atomic E-state index is 11.9. The van der Waals surface area contributed by atoms with Crippen LogP contribution in [0.15, 0.2) is 45.7 Å². The molecule has 0 bridgehead atoms. The topological polar surface area (TPSA) is 51.5 Å². The predicted octanol–water partition coefficient (Wildman–Crippen LogP) is 4.08. The summed E-state index contributed by atoms with van der Waals surface area (Å²) in [5.41, 5.74) is 1.17. The second-order valence-electron chi connectivity index (χ2n) is 3.93. The van der Waals surface area contributed by atoms with Gasteiger partial charge in [-0.25, -0.2) is 0 Å². The van der Waals surface area contributed by atoms with E-state index in [-0.39, 0.29) is 5.91 Å². The number of anilines is 1. The summed E-state index contributed by atoms with van der Waals surface area (Å²) >= 11 is 3.17. The van der Waals surface area contributed by atoms with Gasteiger partial charge in [-0.15, -0.1) is 0 Å². The lowest BCUT2D eigenvalue weighted by atomic mass is 10.2. The van der Waals surface area contributed by atoms with Crippen molar-refractivity contribution < 1.29 is 13.9 Å². The molecule has 2 aromatic rings. The van der Waals surface area contributed by atoms with Gasteiger partial charge in [0, 0.05) is 5.69 Å². The Labute approximate surface area is 119 Å². The second kappa shape index (κ2) is 6.43. The second-order valence-corrected chi connectivity index (χ2v) is 4.66. The number of benzene rings is 1. The summed E-state index contributed by atoms with van der Waals surface area (Å²) in [5.74, 6) is 0.576. The number of carbonyl (C=O) groups excluding carboxylic acids is 1. The molecule has 1 heterocycles. The van der Waals surface area contributed by atoms with Crippen molar-refractivity contribution in [1.29, 1.82) is 0 Å². The van der Waals surface area contributed by atoms with Crippen LogP contribution in [0.3, 0.4) is 0 Å². The average molecular weight is 324 g/mol. The first-order valence-electron chi connectivity index (χ1n) is 5.98.